The van der Waals surface area contributed by atoms with Gasteiger partial charge < -0.3 is 9.47 Å². The van der Waals surface area contributed by atoms with E-state index in [1.807, 2.05) is 54.6 Å². The predicted molar refractivity (Wildman–Crippen MR) is 72.7 cm³/mol. The van der Waals surface area contributed by atoms with Crippen LogP contribution in [-0.2, 0) is 18.0 Å². The fourth-order valence-corrected chi connectivity index (χ4v) is 1.66. The predicted octanol–water partition coefficient (Wildman–Crippen LogP) is 3.98. The highest BCUT2D eigenvalue weighted by Gasteiger charge is 1.97. The Bertz CT molecular complexity index is 454. The Kier molecular flexibility index (Phi) is 5.06. The van der Waals surface area contributed by atoms with Gasteiger partial charge in [0.25, 0.3) is 0 Å². The molecule has 0 N–H and O–H groups in total. The quantitative estimate of drug-likeness (QED) is 0.733. The SMILES string of the molecule is ClCOCc1ccc(OCc2ccccc2)cc1. The van der Waals surface area contributed by atoms with Gasteiger partial charge in [0.05, 0.1) is 6.61 Å². The van der Waals surface area contributed by atoms with Crippen LogP contribution in [0.1, 0.15) is 11.1 Å². The normalized spacial score (nSPS) is 10.3. The van der Waals surface area contributed by atoms with Gasteiger partial charge in [-0.1, -0.05) is 54.1 Å². The third kappa shape index (κ3) is 4.06. The van der Waals surface area contributed by atoms with Crippen LogP contribution >= 0.6 is 11.6 Å². The van der Waals surface area contributed by atoms with Crippen molar-refractivity contribution in [2.24, 2.45) is 0 Å². The van der Waals surface area contributed by atoms with Crippen LogP contribution in [0.3, 0.4) is 0 Å². The van der Waals surface area contributed by atoms with Gasteiger partial charge in [-0.15, -0.1) is 0 Å². The van der Waals surface area contributed by atoms with E-state index in [1.54, 1.807) is 0 Å². The van der Waals surface area contributed by atoms with Crippen molar-refractivity contribution < 1.29 is 9.47 Å². The number of rotatable bonds is 6. The molecule has 0 aliphatic heterocycles. The first-order valence-electron chi connectivity index (χ1n) is 5.78. The summed E-state index contributed by atoms with van der Waals surface area (Å²) in [5.41, 5.74) is 2.25. The zero-order valence-electron chi connectivity index (χ0n) is 10.0. The van der Waals surface area contributed by atoms with Crippen LogP contribution in [0.15, 0.2) is 54.6 Å². The van der Waals surface area contributed by atoms with E-state index < -0.39 is 0 Å². The lowest BCUT2D eigenvalue weighted by atomic mass is 10.2. The molecule has 0 atom stereocenters. The molecule has 94 valence electrons. The minimum absolute atomic E-state index is 0.215. The third-order valence-corrected chi connectivity index (χ3v) is 2.67. The van der Waals surface area contributed by atoms with E-state index in [-0.39, 0.29) is 6.07 Å². The molecule has 0 saturated heterocycles. The summed E-state index contributed by atoms with van der Waals surface area (Å²) in [6.45, 7) is 1.11. The second-order valence-corrected chi connectivity index (χ2v) is 4.09. The molecule has 2 nitrogen and oxygen atoms in total. The molecule has 0 bridgehead atoms. The maximum atomic E-state index is 5.68. The van der Waals surface area contributed by atoms with Gasteiger partial charge in [0.15, 0.2) is 0 Å². The molecule has 0 unspecified atom stereocenters. The standard InChI is InChI=1S/C15H15ClO2/c16-12-17-10-14-6-8-15(9-7-14)18-11-13-4-2-1-3-5-13/h1-9H,10-12H2. The van der Waals surface area contributed by atoms with E-state index in [4.69, 9.17) is 21.1 Å². The third-order valence-electron chi connectivity index (χ3n) is 2.52. The molecule has 0 aliphatic carbocycles. The highest BCUT2D eigenvalue weighted by molar-refractivity contribution is 6.17. The monoisotopic (exact) mass is 262 g/mol. The number of hydrogen-bond acceptors (Lipinski definition) is 2. The molecule has 0 saturated carbocycles. The van der Waals surface area contributed by atoms with Crippen LogP contribution in [0.2, 0.25) is 0 Å². The van der Waals surface area contributed by atoms with Crippen molar-refractivity contribution in [2.75, 3.05) is 6.07 Å². The van der Waals surface area contributed by atoms with Gasteiger partial charge in [-0.25, -0.2) is 0 Å². The van der Waals surface area contributed by atoms with Gasteiger partial charge in [0.1, 0.15) is 18.4 Å². The van der Waals surface area contributed by atoms with Crippen LogP contribution in [-0.4, -0.2) is 6.07 Å². The average Bonchev–Trinajstić information content (AvgIpc) is 2.45. The number of hydrogen-bond donors (Lipinski definition) is 0. The zero-order valence-corrected chi connectivity index (χ0v) is 10.8. The topological polar surface area (TPSA) is 18.5 Å². The van der Waals surface area contributed by atoms with Crippen molar-refractivity contribution in [3.63, 3.8) is 0 Å². The fraction of sp³-hybridized carbons (Fsp3) is 0.200. The number of halogens is 1. The Labute approximate surface area is 112 Å². The maximum absolute atomic E-state index is 5.68. The minimum atomic E-state index is 0.215. The van der Waals surface area contributed by atoms with E-state index in [0.717, 1.165) is 16.9 Å². The molecule has 0 spiro atoms. The lowest BCUT2D eigenvalue weighted by molar-refractivity contribution is 0.165. The van der Waals surface area contributed by atoms with E-state index in [1.165, 1.54) is 0 Å². The summed E-state index contributed by atoms with van der Waals surface area (Å²) in [5, 5.41) is 0. The molecule has 18 heavy (non-hydrogen) atoms. The Morgan fingerprint density at radius 2 is 1.44 bits per heavy atom. The molecule has 2 aromatic carbocycles. The van der Waals surface area contributed by atoms with Crippen molar-refractivity contribution in [3.8, 4) is 5.75 Å². The molecule has 2 aromatic rings. The van der Waals surface area contributed by atoms with Crippen LogP contribution in [0.5, 0.6) is 5.75 Å². The van der Waals surface area contributed by atoms with Crippen LogP contribution in [0, 0.1) is 0 Å². The molecule has 3 heteroatoms. The summed E-state index contributed by atoms with van der Waals surface area (Å²) < 4.78 is 10.8. The number of alkyl halides is 1. The van der Waals surface area contributed by atoms with Gasteiger partial charge in [-0.05, 0) is 23.3 Å². The Balaban J connectivity index is 1.86. The largest absolute Gasteiger partial charge is 0.489 e. The molecule has 0 heterocycles. The highest BCUT2D eigenvalue weighted by Crippen LogP contribution is 2.14. The van der Waals surface area contributed by atoms with E-state index in [9.17, 15) is 0 Å². The fourth-order valence-electron chi connectivity index (χ4n) is 1.58. The Morgan fingerprint density at radius 3 is 2.11 bits per heavy atom. The molecule has 0 aromatic heterocycles. The lowest BCUT2D eigenvalue weighted by Crippen LogP contribution is -1.95. The van der Waals surface area contributed by atoms with Crippen LogP contribution in [0.25, 0.3) is 0 Å². The van der Waals surface area contributed by atoms with Crippen LogP contribution < -0.4 is 4.74 Å². The van der Waals surface area contributed by atoms with Crippen molar-refractivity contribution >= 4 is 11.6 Å². The molecule has 0 aliphatic rings. The van der Waals surface area contributed by atoms with Gasteiger partial charge in [0.2, 0.25) is 0 Å². The zero-order chi connectivity index (χ0) is 12.6. The summed E-state index contributed by atoms with van der Waals surface area (Å²) in [6.07, 6.45) is 0. The lowest BCUT2D eigenvalue weighted by Gasteiger charge is -2.07. The molecule has 0 fully saturated rings. The Morgan fingerprint density at radius 1 is 0.778 bits per heavy atom. The minimum Gasteiger partial charge on any atom is -0.489 e. The molecule has 0 radical (unpaired) electrons. The average molecular weight is 263 g/mol. The first kappa shape index (κ1) is 12.9. The van der Waals surface area contributed by atoms with Crippen molar-refractivity contribution in [1.82, 2.24) is 0 Å². The first-order chi connectivity index (χ1) is 8.88. The van der Waals surface area contributed by atoms with Crippen molar-refractivity contribution in [1.29, 1.82) is 0 Å². The molecular formula is C15H15ClO2. The van der Waals surface area contributed by atoms with Crippen molar-refractivity contribution in [2.45, 2.75) is 13.2 Å². The van der Waals surface area contributed by atoms with Crippen LogP contribution in [0.4, 0.5) is 0 Å². The van der Waals surface area contributed by atoms with E-state index in [2.05, 4.69) is 0 Å². The van der Waals surface area contributed by atoms with Crippen molar-refractivity contribution in [3.05, 3.63) is 65.7 Å². The Hall–Kier alpha value is -1.51. The van der Waals surface area contributed by atoms with Gasteiger partial charge in [-0.2, -0.15) is 0 Å². The summed E-state index contributed by atoms with van der Waals surface area (Å²) in [7, 11) is 0. The number of benzene rings is 2. The molecule has 0 amide bonds. The second kappa shape index (κ2) is 7.04. The molecular weight excluding hydrogens is 248 g/mol. The highest BCUT2D eigenvalue weighted by atomic mass is 35.5. The number of ether oxygens (including phenoxy) is 2. The van der Waals surface area contributed by atoms with E-state index >= 15 is 0 Å². The van der Waals surface area contributed by atoms with Gasteiger partial charge >= 0.3 is 0 Å². The summed E-state index contributed by atoms with van der Waals surface area (Å²) in [6, 6.07) is 18.1. The summed E-state index contributed by atoms with van der Waals surface area (Å²) >= 11 is 5.45. The second-order valence-electron chi connectivity index (χ2n) is 3.88. The maximum Gasteiger partial charge on any atom is 0.121 e. The van der Waals surface area contributed by atoms with Gasteiger partial charge in [-0.3, -0.25) is 0 Å². The smallest absolute Gasteiger partial charge is 0.121 e. The summed E-state index contributed by atoms with van der Waals surface area (Å²) in [5.74, 6) is 0.855. The molecule has 2 rings (SSSR count). The first-order valence-corrected chi connectivity index (χ1v) is 6.31. The van der Waals surface area contributed by atoms with Gasteiger partial charge in [0, 0.05) is 0 Å². The summed E-state index contributed by atoms with van der Waals surface area (Å²) in [4.78, 5) is 0. The van der Waals surface area contributed by atoms with E-state index in [0.29, 0.717) is 13.2 Å².